The molecule has 0 aliphatic carbocycles. The average Bonchev–Trinajstić information content (AvgIpc) is 2.83. The average molecular weight is 253 g/mol. The fourth-order valence-corrected chi connectivity index (χ4v) is 2.05. The number of nitrogens with two attached hydrogens (primary N) is 1. The molecule has 0 spiro atoms. The third kappa shape index (κ3) is 2.52. The van der Waals surface area contributed by atoms with E-state index in [4.69, 9.17) is 10.5 Å². The molecule has 0 amide bonds. The molecule has 1 heterocycles. The van der Waals surface area contributed by atoms with Crippen molar-refractivity contribution < 1.29 is 4.74 Å². The van der Waals surface area contributed by atoms with Gasteiger partial charge in [0.05, 0.1) is 23.9 Å². The van der Waals surface area contributed by atoms with Crippen molar-refractivity contribution in [1.29, 1.82) is 0 Å². The van der Waals surface area contributed by atoms with Gasteiger partial charge in [-0.2, -0.15) is 0 Å². The van der Waals surface area contributed by atoms with Crippen LogP contribution in [0.25, 0.3) is 11.0 Å². The van der Waals surface area contributed by atoms with Crippen LogP contribution in [-0.2, 0) is 6.54 Å². The first-order valence-corrected chi connectivity index (χ1v) is 6.21. The van der Waals surface area contributed by atoms with E-state index in [-0.39, 0.29) is 0 Å². The highest BCUT2D eigenvalue weighted by Crippen LogP contribution is 2.15. The van der Waals surface area contributed by atoms with Gasteiger partial charge < -0.3 is 15.0 Å². The lowest BCUT2D eigenvalue weighted by atomic mass is 10.3. The Labute approximate surface area is 111 Å². The molecule has 0 atom stereocenters. The minimum Gasteiger partial charge on any atom is -0.492 e. The highest BCUT2D eigenvalue weighted by atomic mass is 16.5. The maximum absolute atomic E-state index is 5.70. The Balaban J connectivity index is 1.66. The number of rotatable bonds is 4. The normalized spacial score (nSPS) is 10.7. The number of nitrogen functional groups attached to an aromatic ring is 1. The third-order valence-electron chi connectivity index (χ3n) is 2.99. The van der Waals surface area contributed by atoms with Gasteiger partial charge in [0.2, 0.25) is 0 Å². The van der Waals surface area contributed by atoms with Crippen LogP contribution in [0.3, 0.4) is 0 Å². The molecule has 3 aromatic rings. The summed E-state index contributed by atoms with van der Waals surface area (Å²) >= 11 is 0. The molecule has 0 saturated heterocycles. The number of hydrogen-bond donors (Lipinski definition) is 1. The molecule has 1 aromatic heterocycles. The number of anilines is 1. The SMILES string of the molecule is Nc1cccc(OCCn2cnc3ccccc32)c1. The van der Waals surface area contributed by atoms with Gasteiger partial charge in [-0.05, 0) is 24.3 Å². The zero-order valence-corrected chi connectivity index (χ0v) is 10.5. The molecule has 0 aliphatic rings. The van der Waals surface area contributed by atoms with Gasteiger partial charge in [-0.25, -0.2) is 4.98 Å². The summed E-state index contributed by atoms with van der Waals surface area (Å²) in [6.07, 6.45) is 1.84. The van der Waals surface area contributed by atoms with Crippen molar-refractivity contribution in [3.63, 3.8) is 0 Å². The number of aromatic nitrogens is 2. The van der Waals surface area contributed by atoms with Crippen molar-refractivity contribution in [3.05, 3.63) is 54.9 Å². The van der Waals surface area contributed by atoms with E-state index < -0.39 is 0 Å². The summed E-state index contributed by atoms with van der Waals surface area (Å²) in [4.78, 5) is 4.35. The van der Waals surface area contributed by atoms with Crippen LogP contribution in [0.1, 0.15) is 0 Å². The molecule has 0 radical (unpaired) electrons. The molecule has 96 valence electrons. The summed E-state index contributed by atoms with van der Waals surface area (Å²) in [5.74, 6) is 0.796. The van der Waals surface area contributed by atoms with Crippen LogP contribution in [-0.4, -0.2) is 16.2 Å². The summed E-state index contributed by atoms with van der Waals surface area (Å²) in [6, 6.07) is 15.5. The summed E-state index contributed by atoms with van der Waals surface area (Å²) < 4.78 is 7.77. The second-order valence-corrected chi connectivity index (χ2v) is 4.35. The van der Waals surface area contributed by atoms with E-state index in [0.29, 0.717) is 12.3 Å². The molecule has 0 aliphatic heterocycles. The van der Waals surface area contributed by atoms with Crippen LogP contribution in [0.4, 0.5) is 5.69 Å². The largest absolute Gasteiger partial charge is 0.492 e. The molecule has 0 fully saturated rings. The predicted molar refractivity (Wildman–Crippen MR) is 76.1 cm³/mol. The van der Waals surface area contributed by atoms with Crippen LogP contribution >= 0.6 is 0 Å². The Hall–Kier alpha value is -2.49. The molecule has 4 nitrogen and oxygen atoms in total. The Morgan fingerprint density at radius 1 is 1.11 bits per heavy atom. The topological polar surface area (TPSA) is 53.1 Å². The molecule has 2 aromatic carbocycles. The van der Waals surface area contributed by atoms with Crippen LogP contribution < -0.4 is 10.5 Å². The highest BCUT2D eigenvalue weighted by Gasteiger charge is 2.01. The number of hydrogen-bond acceptors (Lipinski definition) is 3. The molecule has 0 saturated carbocycles. The van der Waals surface area contributed by atoms with E-state index in [0.717, 1.165) is 23.3 Å². The number of para-hydroxylation sites is 2. The van der Waals surface area contributed by atoms with Crippen LogP contribution in [0.5, 0.6) is 5.75 Å². The van der Waals surface area contributed by atoms with Crippen LogP contribution in [0.15, 0.2) is 54.9 Å². The van der Waals surface area contributed by atoms with Crippen molar-refractivity contribution in [2.24, 2.45) is 0 Å². The number of imidazole rings is 1. The Bertz CT molecular complexity index is 690. The van der Waals surface area contributed by atoms with Gasteiger partial charge in [0, 0.05) is 11.8 Å². The van der Waals surface area contributed by atoms with E-state index in [1.54, 1.807) is 0 Å². The van der Waals surface area contributed by atoms with Crippen molar-refractivity contribution in [1.82, 2.24) is 9.55 Å². The first-order chi connectivity index (χ1) is 9.33. The lowest BCUT2D eigenvalue weighted by Gasteiger charge is -2.08. The first kappa shape index (κ1) is 11.6. The molecular weight excluding hydrogens is 238 g/mol. The number of benzene rings is 2. The van der Waals surface area contributed by atoms with Gasteiger partial charge in [-0.15, -0.1) is 0 Å². The smallest absolute Gasteiger partial charge is 0.121 e. The first-order valence-electron chi connectivity index (χ1n) is 6.21. The van der Waals surface area contributed by atoms with E-state index >= 15 is 0 Å². The highest BCUT2D eigenvalue weighted by molar-refractivity contribution is 5.74. The summed E-state index contributed by atoms with van der Waals surface area (Å²) in [5.41, 5.74) is 8.55. The Morgan fingerprint density at radius 2 is 2.00 bits per heavy atom. The Kier molecular flexibility index (Phi) is 3.06. The predicted octanol–water partition coefficient (Wildman–Crippen LogP) is 2.70. The number of ether oxygens (including phenoxy) is 1. The standard InChI is InChI=1S/C15H15N3O/c16-12-4-3-5-13(10-12)19-9-8-18-11-17-14-6-1-2-7-15(14)18/h1-7,10-11H,8-9,16H2. The minimum atomic E-state index is 0.587. The summed E-state index contributed by atoms with van der Waals surface area (Å²) in [5, 5.41) is 0. The van der Waals surface area contributed by atoms with Gasteiger partial charge >= 0.3 is 0 Å². The molecule has 3 rings (SSSR count). The second-order valence-electron chi connectivity index (χ2n) is 4.35. The monoisotopic (exact) mass is 253 g/mol. The number of nitrogens with zero attached hydrogens (tertiary/aromatic N) is 2. The zero-order chi connectivity index (χ0) is 13.1. The second kappa shape index (κ2) is 5.02. The van der Waals surface area contributed by atoms with E-state index in [2.05, 4.69) is 15.6 Å². The molecule has 2 N–H and O–H groups in total. The van der Waals surface area contributed by atoms with Gasteiger partial charge in [0.15, 0.2) is 0 Å². The van der Waals surface area contributed by atoms with Gasteiger partial charge in [0.1, 0.15) is 12.4 Å². The minimum absolute atomic E-state index is 0.587. The summed E-state index contributed by atoms with van der Waals surface area (Å²) in [7, 11) is 0. The quantitative estimate of drug-likeness (QED) is 0.727. The van der Waals surface area contributed by atoms with Crippen molar-refractivity contribution in [3.8, 4) is 5.75 Å². The lowest BCUT2D eigenvalue weighted by molar-refractivity contribution is 0.300. The van der Waals surface area contributed by atoms with Gasteiger partial charge in [0.25, 0.3) is 0 Å². The lowest BCUT2D eigenvalue weighted by Crippen LogP contribution is -2.07. The summed E-state index contributed by atoms with van der Waals surface area (Å²) in [6.45, 7) is 1.35. The molecular formula is C15H15N3O. The fourth-order valence-electron chi connectivity index (χ4n) is 2.05. The van der Waals surface area contributed by atoms with Crippen molar-refractivity contribution >= 4 is 16.7 Å². The Morgan fingerprint density at radius 3 is 2.89 bits per heavy atom. The molecule has 4 heteroatoms. The fraction of sp³-hybridized carbons (Fsp3) is 0.133. The zero-order valence-electron chi connectivity index (χ0n) is 10.5. The maximum atomic E-state index is 5.70. The van der Waals surface area contributed by atoms with Gasteiger partial charge in [-0.1, -0.05) is 18.2 Å². The van der Waals surface area contributed by atoms with Crippen LogP contribution in [0, 0.1) is 0 Å². The van der Waals surface area contributed by atoms with Gasteiger partial charge in [-0.3, -0.25) is 0 Å². The van der Waals surface area contributed by atoms with Crippen molar-refractivity contribution in [2.75, 3.05) is 12.3 Å². The number of fused-ring (bicyclic) bond motifs is 1. The molecule has 0 bridgehead atoms. The maximum Gasteiger partial charge on any atom is 0.121 e. The molecule has 19 heavy (non-hydrogen) atoms. The van der Waals surface area contributed by atoms with E-state index in [1.165, 1.54) is 0 Å². The third-order valence-corrected chi connectivity index (χ3v) is 2.99. The van der Waals surface area contributed by atoms with E-state index in [9.17, 15) is 0 Å². The van der Waals surface area contributed by atoms with Crippen LogP contribution in [0.2, 0.25) is 0 Å². The van der Waals surface area contributed by atoms with Crippen molar-refractivity contribution in [2.45, 2.75) is 6.54 Å². The molecule has 0 unspecified atom stereocenters. The van der Waals surface area contributed by atoms with E-state index in [1.807, 2.05) is 48.8 Å².